The number of allylic oxidation sites excluding steroid dienone is 1. The van der Waals surface area contributed by atoms with Crippen molar-refractivity contribution in [3.8, 4) is 6.07 Å². The fraction of sp³-hybridized carbons (Fsp3) is 0.125. The molecule has 2 N–H and O–H groups in total. The average molecular weight is 465 g/mol. The molecule has 0 bridgehead atoms. The molecule has 9 heteroatoms. The lowest BCUT2D eigenvalue weighted by Crippen LogP contribution is -2.40. The van der Waals surface area contributed by atoms with Crippen molar-refractivity contribution in [2.24, 2.45) is 5.73 Å². The first-order valence-corrected chi connectivity index (χ1v) is 10.7. The molecule has 0 spiro atoms. The number of hydrogen-bond donors (Lipinski definition) is 1. The maximum Gasteiger partial charge on any atom is 0.338 e. The lowest BCUT2D eigenvalue weighted by atomic mass is 9.83. The highest BCUT2D eigenvalue weighted by Gasteiger charge is 2.37. The minimum atomic E-state index is -1.17. The number of nitriles is 1. The third-order valence-corrected chi connectivity index (χ3v) is 6.28. The second kappa shape index (κ2) is 8.84. The Hall–Kier alpha value is -4.03. The van der Waals surface area contributed by atoms with Gasteiger partial charge < -0.3 is 10.5 Å². The molecule has 0 saturated carbocycles. The van der Waals surface area contributed by atoms with E-state index in [9.17, 15) is 23.6 Å². The van der Waals surface area contributed by atoms with Crippen molar-refractivity contribution in [2.45, 2.75) is 12.8 Å². The summed E-state index contributed by atoms with van der Waals surface area (Å²) in [5.41, 5.74) is 5.55. The Kier molecular flexibility index (Phi) is 5.94. The Labute approximate surface area is 190 Å². The van der Waals surface area contributed by atoms with Crippen LogP contribution >= 0.6 is 11.3 Å². The normalized spacial score (nSPS) is 15.9. The number of fused-ring (bicyclic) bond motifs is 1. The Bertz CT molecular complexity index is 1530. The van der Waals surface area contributed by atoms with Gasteiger partial charge in [0.1, 0.15) is 22.1 Å². The molecule has 166 valence electrons. The number of rotatable bonds is 4. The zero-order valence-electron chi connectivity index (χ0n) is 17.3. The molecule has 0 amide bonds. The predicted octanol–water partition coefficient (Wildman–Crippen LogP) is 2.18. The smallest absolute Gasteiger partial charge is 0.338 e. The van der Waals surface area contributed by atoms with Crippen molar-refractivity contribution >= 4 is 34.8 Å². The average Bonchev–Trinajstić information content (AvgIpc) is 3.11. The Morgan fingerprint density at radius 3 is 2.52 bits per heavy atom. The molecule has 1 aliphatic heterocycles. The highest BCUT2D eigenvalue weighted by atomic mass is 32.1. The maximum absolute atomic E-state index is 14.8. The molecular formula is C24H17F2N3O3S. The van der Waals surface area contributed by atoms with Crippen LogP contribution in [-0.2, 0) is 9.53 Å². The van der Waals surface area contributed by atoms with Crippen LogP contribution in [0, 0.1) is 23.0 Å². The van der Waals surface area contributed by atoms with Gasteiger partial charge in [0.05, 0.1) is 34.3 Å². The van der Waals surface area contributed by atoms with Crippen LogP contribution in [0.4, 0.5) is 8.78 Å². The van der Waals surface area contributed by atoms with Crippen LogP contribution in [0.25, 0.3) is 17.5 Å². The number of aromatic nitrogens is 1. The quantitative estimate of drug-likeness (QED) is 0.596. The summed E-state index contributed by atoms with van der Waals surface area (Å²) in [5.74, 6) is -3.38. The van der Waals surface area contributed by atoms with Gasteiger partial charge in [-0.2, -0.15) is 5.26 Å². The van der Waals surface area contributed by atoms with Gasteiger partial charge in [-0.3, -0.25) is 9.36 Å². The number of carbonyl (C=O) groups excluding carboxylic acids is 1. The highest BCUT2D eigenvalue weighted by molar-refractivity contribution is 7.07. The van der Waals surface area contributed by atoms with Crippen molar-refractivity contribution < 1.29 is 18.3 Å². The summed E-state index contributed by atoms with van der Waals surface area (Å²) in [6, 6.07) is 13.5. The number of esters is 1. The molecule has 6 nitrogen and oxygen atoms in total. The summed E-state index contributed by atoms with van der Waals surface area (Å²) in [4.78, 5) is 26.2. The van der Waals surface area contributed by atoms with E-state index in [1.54, 1.807) is 19.1 Å². The fourth-order valence-electron chi connectivity index (χ4n) is 3.71. The van der Waals surface area contributed by atoms with Gasteiger partial charge >= 0.3 is 5.97 Å². The second-order valence-corrected chi connectivity index (χ2v) is 8.11. The standard InChI is InChI=1S/C24H17F2N3O3S/c1-2-32-24(31)20-19(14-8-4-6-10-17(14)26)15(12-27)21(28)29-22(30)18(33-23(20)29)11-13-7-3-5-9-16(13)25/h3-11,19H,2,28H2,1H3/b18-11+. The Balaban J connectivity index is 2.14. The monoisotopic (exact) mass is 465 g/mol. The third kappa shape index (κ3) is 3.75. The van der Waals surface area contributed by atoms with Gasteiger partial charge in [-0.1, -0.05) is 36.4 Å². The van der Waals surface area contributed by atoms with Crippen molar-refractivity contribution in [2.75, 3.05) is 6.61 Å². The van der Waals surface area contributed by atoms with E-state index in [1.165, 1.54) is 42.5 Å². The topological polar surface area (TPSA) is 98.1 Å². The highest BCUT2D eigenvalue weighted by Crippen LogP contribution is 2.37. The molecule has 1 aliphatic rings. The van der Waals surface area contributed by atoms with Crippen molar-refractivity contribution in [1.29, 1.82) is 5.26 Å². The summed E-state index contributed by atoms with van der Waals surface area (Å²) < 4.78 is 35.4. The number of nitrogens with zero attached hydrogens (tertiary/aromatic N) is 2. The first kappa shape index (κ1) is 22.2. The van der Waals surface area contributed by atoms with Crippen LogP contribution in [-0.4, -0.2) is 17.1 Å². The largest absolute Gasteiger partial charge is 0.463 e. The summed E-state index contributed by atoms with van der Waals surface area (Å²) >= 11 is 0.893. The molecule has 0 fully saturated rings. The van der Waals surface area contributed by atoms with Crippen molar-refractivity contribution in [3.05, 3.63) is 96.4 Å². The molecule has 4 rings (SSSR count). The van der Waals surface area contributed by atoms with Crippen LogP contribution in [0.3, 0.4) is 0 Å². The number of benzene rings is 2. The Morgan fingerprint density at radius 1 is 1.21 bits per heavy atom. The molecule has 2 heterocycles. The summed E-state index contributed by atoms with van der Waals surface area (Å²) in [6.07, 6.45) is 1.34. The van der Waals surface area contributed by atoms with E-state index in [2.05, 4.69) is 0 Å². The predicted molar refractivity (Wildman–Crippen MR) is 120 cm³/mol. The van der Waals surface area contributed by atoms with E-state index in [0.29, 0.717) is 0 Å². The molecule has 2 aromatic carbocycles. The van der Waals surface area contributed by atoms with Gasteiger partial charge in [0.15, 0.2) is 0 Å². The van der Waals surface area contributed by atoms with Gasteiger partial charge in [-0.15, -0.1) is 11.3 Å². The van der Waals surface area contributed by atoms with E-state index in [4.69, 9.17) is 10.5 Å². The molecule has 0 aliphatic carbocycles. The third-order valence-electron chi connectivity index (χ3n) is 5.17. The molecular weight excluding hydrogens is 448 g/mol. The Morgan fingerprint density at radius 2 is 1.88 bits per heavy atom. The van der Waals surface area contributed by atoms with Gasteiger partial charge in [0.2, 0.25) is 0 Å². The molecule has 33 heavy (non-hydrogen) atoms. The van der Waals surface area contributed by atoms with Crippen LogP contribution < -0.4 is 20.5 Å². The minimum Gasteiger partial charge on any atom is -0.463 e. The molecule has 1 unspecified atom stereocenters. The first-order chi connectivity index (χ1) is 15.9. The van der Waals surface area contributed by atoms with Gasteiger partial charge in [-0.25, -0.2) is 13.6 Å². The van der Waals surface area contributed by atoms with Crippen molar-refractivity contribution in [3.63, 3.8) is 0 Å². The molecule has 0 saturated heterocycles. The minimum absolute atomic E-state index is 0.0250. The van der Waals surface area contributed by atoms with Gasteiger partial charge in [0.25, 0.3) is 5.56 Å². The summed E-state index contributed by atoms with van der Waals surface area (Å²) in [6.45, 7) is 1.63. The zero-order chi connectivity index (χ0) is 23.7. The number of hydrogen-bond acceptors (Lipinski definition) is 6. The van der Waals surface area contributed by atoms with Gasteiger partial charge in [0, 0.05) is 11.1 Å². The lowest BCUT2D eigenvalue weighted by molar-refractivity contribution is -0.136. The van der Waals surface area contributed by atoms with E-state index in [-0.39, 0.29) is 43.9 Å². The van der Waals surface area contributed by atoms with Crippen LogP contribution in [0.5, 0.6) is 0 Å². The fourth-order valence-corrected chi connectivity index (χ4v) is 4.86. The molecule has 3 aromatic rings. The molecule has 1 aromatic heterocycles. The SMILES string of the molecule is CCOC(=O)C1=c2s/c(=C/c3ccccc3F)c(=O)n2C(N)=C(C#N)C1c1ccccc1F. The maximum atomic E-state index is 14.8. The number of carbonyl (C=O) groups is 1. The van der Waals surface area contributed by atoms with E-state index < -0.39 is 29.1 Å². The molecule has 1 atom stereocenters. The van der Waals surface area contributed by atoms with Crippen molar-refractivity contribution in [1.82, 2.24) is 4.57 Å². The van der Waals surface area contributed by atoms with Gasteiger partial charge in [-0.05, 0) is 25.1 Å². The number of nitrogens with two attached hydrogens (primary N) is 1. The number of halogens is 2. The summed E-state index contributed by atoms with van der Waals surface area (Å²) in [7, 11) is 0. The van der Waals surface area contributed by atoms with Crippen LogP contribution in [0.2, 0.25) is 0 Å². The van der Waals surface area contributed by atoms with E-state index in [0.717, 1.165) is 15.9 Å². The second-order valence-electron chi connectivity index (χ2n) is 7.08. The lowest BCUT2D eigenvalue weighted by Gasteiger charge is -2.24. The zero-order valence-corrected chi connectivity index (χ0v) is 18.2. The van der Waals surface area contributed by atoms with E-state index >= 15 is 0 Å². The first-order valence-electron chi connectivity index (χ1n) is 9.93. The van der Waals surface area contributed by atoms with Crippen LogP contribution in [0.15, 0.2) is 58.9 Å². The number of ether oxygens (including phenoxy) is 1. The van der Waals surface area contributed by atoms with E-state index in [1.807, 2.05) is 6.07 Å². The van der Waals surface area contributed by atoms with Crippen LogP contribution in [0.1, 0.15) is 24.0 Å². The molecule has 0 radical (unpaired) electrons. The number of thiazole rings is 1. The summed E-state index contributed by atoms with van der Waals surface area (Å²) in [5, 5.41) is 9.86.